The van der Waals surface area contributed by atoms with Gasteiger partial charge in [0.2, 0.25) is 0 Å². The van der Waals surface area contributed by atoms with Crippen LogP contribution in [0.2, 0.25) is 0 Å². The fourth-order valence-electron chi connectivity index (χ4n) is 3.16. The van der Waals surface area contributed by atoms with E-state index in [1.54, 1.807) is 6.20 Å². The lowest BCUT2D eigenvalue weighted by Crippen LogP contribution is -2.36. The number of amides is 1. The van der Waals surface area contributed by atoms with Crippen molar-refractivity contribution in [3.8, 4) is 0 Å². The van der Waals surface area contributed by atoms with E-state index in [1.165, 1.54) is 0 Å². The molecule has 1 amide bonds. The highest BCUT2D eigenvalue weighted by Crippen LogP contribution is 2.24. The summed E-state index contributed by atoms with van der Waals surface area (Å²) in [7, 11) is 0. The lowest BCUT2D eigenvalue weighted by molar-refractivity contribution is 0.0930. The first kappa shape index (κ1) is 17.4. The summed E-state index contributed by atoms with van der Waals surface area (Å²) in [5.41, 5.74) is 3.16. The minimum Gasteiger partial charge on any atom is -0.378 e. The molecule has 25 heavy (non-hydrogen) atoms. The second-order valence-electron chi connectivity index (χ2n) is 6.17. The van der Waals surface area contributed by atoms with Gasteiger partial charge in [-0.3, -0.25) is 9.78 Å². The lowest BCUT2D eigenvalue weighted by atomic mass is 10.0. The molecule has 1 aliphatic heterocycles. The van der Waals surface area contributed by atoms with E-state index in [9.17, 15) is 4.79 Å². The average Bonchev–Trinajstić information content (AvgIpc) is 2.99. The van der Waals surface area contributed by atoms with E-state index in [0.717, 1.165) is 42.2 Å². The number of morpholine rings is 1. The molecule has 1 N–H and O–H groups in total. The van der Waals surface area contributed by atoms with Crippen LogP contribution in [0.25, 0.3) is 0 Å². The largest absolute Gasteiger partial charge is 0.378 e. The van der Waals surface area contributed by atoms with Gasteiger partial charge in [0.05, 0.1) is 24.9 Å². The van der Waals surface area contributed by atoms with Gasteiger partial charge < -0.3 is 19.5 Å². The van der Waals surface area contributed by atoms with Crippen LogP contribution < -0.4 is 10.2 Å². The van der Waals surface area contributed by atoms with Gasteiger partial charge in [0.1, 0.15) is 11.5 Å². The van der Waals surface area contributed by atoms with E-state index in [4.69, 9.17) is 9.26 Å². The van der Waals surface area contributed by atoms with Crippen LogP contribution in [0.1, 0.15) is 46.9 Å². The molecule has 2 aromatic rings. The molecule has 2 aromatic heterocycles. The molecule has 7 heteroatoms. The molecule has 7 nitrogen and oxygen atoms in total. The Hall–Kier alpha value is -2.41. The normalized spacial score (nSPS) is 15.9. The molecule has 0 saturated carbocycles. The number of aromatic nitrogens is 2. The Balaban J connectivity index is 1.76. The number of hydrogen-bond acceptors (Lipinski definition) is 6. The summed E-state index contributed by atoms with van der Waals surface area (Å²) >= 11 is 0. The van der Waals surface area contributed by atoms with Crippen LogP contribution in [0.3, 0.4) is 0 Å². The number of hydrogen-bond donors (Lipinski definition) is 1. The molecular formula is C18H24N4O3. The first-order valence-electron chi connectivity index (χ1n) is 8.62. The van der Waals surface area contributed by atoms with Crippen molar-refractivity contribution in [2.45, 2.75) is 33.2 Å². The van der Waals surface area contributed by atoms with Crippen LogP contribution in [0.15, 0.2) is 22.9 Å². The van der Waals surface area contributed by atoms with E-state index >= 15 is 0 Å². The Labute approximate surface area is 147 Å². The van der Waals surface area contributed by atoms with Crippen LogP contribution >= 0.6 is 0 Å². The van der Waals surface area contributed by atoms with E-state index < -0.39 is 0 Å². The van der Waals surface area contributed by atoms with Crippen molar-refractivity contribution in [3.05, 3.63) is 41.0 Å². The Morgan fingerprint density at radius 3 is 2.76 bits per heavy atom. The highest BCUT2D eigenvalue weighted by molar-refractivity contribution is 5.93. The van der Waals surface area contributed by atoms with Gasteiger partial charge in [-0.15, -0.1) is 0 Å². The number of anilines is 1. The SMILES string of the molecule is CC[C@@H](NC(=O)c1cc(N2CCOCC2)ccn1)c1c(C)noc1C. The molecule has 0 radical (unpaired) electrons. The Morgan fingerprint density at radius 1 is 1.36 bits per heavy atom. The smallest absolute Gasteiger partial charge is 0.270 e. The van der Waals surface area contributed by atoms with Gasteiger partial charge in [-0.25, -0.2) is 0 Å². The van der Waals surface area contributed by atoms with Crippen LogP contribution in [0.4, 0.5) is 5.69 Å². The van der Waals surface area contributed by atoms with Crippen molar-refractivity contribution in [3.63, 3.8) is 0 Å². The third-order valence-corrected chi connectivity index (χ3v) is 4.50. The number of ether oxygens (including phenoxy) is 1. The minimum atomic E-state index is -0.193. The van der Waals surface area contributed by atoms with Gasteiger partial charge in [0.15, 0.2) is 0 Å². The molecule has 1 aliphatic rings. The summed E-state index contributed by atoms with van der Waals surface area (Å²) in [5.74, 6) is 0.543. The molecule has 1 atom stereocenters. The topological polar surface area (TPSA) is 80.5 Å². The first-order chi connectivity index (χ1) is 12.1. The third kappa shape index (κ3) is 3.82. The zero-order chi connectivity index (χ0) is 17.8. The summed E-state index contributed by atoms with van der Waals surface area (Å²) in [4.78, 5) is 19.1. The number of carbonyl (C=O) groups is 1. The number of pyridine rings is 1. The predicted molar refractivity (Wildman–Crippen MR) is 93.7 cm³/mol. The molecule has 134 valence electrons. The van der Waals surface area contributed by atoms with Crippen molar-refractivity contribution < 1.29 is 14.1 Å². The molecule has 1 saturated heterocycles. The summed E-state index contributed by atoms with van der Waals surface area (Å²) < 4.78 is 10.6. The van der Waals surface area contributed by atoms with Crippen molar-refractivity contribution in [1.29, 1.82) is 0 Å². The number of nitrogens with one attached hydrogen (secondary N) is 1. The van der Waals surface area contributed by atoms with Crippen LogP contribution in [-0.4, -0.2) is 42.4 Å². The van der Waals surface area contributed by atoms with E-state index in [1.807, 2.05) is 32.9 Å². The highest BCUT2D eigenvalue weighted by Gasteiger charge is 2.22. The summed E-state index contributed by atoms with van der Waals surface area (Å²) in [6.45, 7) is 8.82. The van der Waals surface area contributed by atoms with E-state index in [-0.39, 0.29) is 11.9 Å². The maximum absolute atomic E-state index is 12.7. The maximum Gasteiger partial charge on any atom is 0.270 e. The molecule has 1 fully saturated rings. The summed E-state index contributed by atoms with van der Waals surface area (Å²) in [6, 6.07) is 3.61. The van der Waals surface area contributed by atoms with Gasteiger partial charge in [-0.05, 0) is 32.4 Å². The van der Waals surface area contributed by atoms with Gasteiger partial charge in [0.25, 0.3) is 5.91 Å². The number of aryl methyl sites for hydroxylation is 2. The standard InChI is InChI=1S/C18H24N4O3/c1-4-15(17-12(2)21-25-13(17)3)20-18(23)16-11-14(5-6-19-16)22-7-9-24-10-8-22/h5-6,11,15H,4,7-10H2,1-3H3,(H,20,23)/t15-/m1/s1. The highest BCUT2D eigenvalue weighted by atomic mass is 16.5. The second kappa shape index (κ2) is 7.65. The Morgan fingerprint density at radius 2 is 2.12 bits per heavy atom. The molecule has 0 aliphatic carbocycles. The molecular weight excluding hydrogens is 320 g/mol. The van der Waals surface area contributed by atoms with Crippen molar-refractivity contribution in [2.75, 3.05) is 31.2 Å². The summed E-state index contributed by atoms with van der Waals surface area (Å²) in [6.07, 6.45) is 2.42. The molecule has 3 heterocycles. The fourth-order valence-corrected chi connectivity index (χ4v) is 3.16. The molecule has 0 spiro atoms. The zero-order valence-corrected chi connectivity index (χ0v) is 14.9. The van der Waals surface area contributed by atoms with Crippen LogP contribution in [0.5, 0.6) is 0 Å². The van der Waals surface area contributed by atoms with Gasteiger partial charge in [-0.1, -0.05) is 12.1 Å². The third-order valence-electron chi connectivity index (χ3n) is 4.50. The van der Waals surface area contributed by atoms with E-state index in [2.05, 4.69) is 20.4 Å². The van der Waals surface area contributed by atoms with Gasteiger partial charge in [-0.2, -0.15) is 0 Å². The van der Waals surface area contributed by atoms with Crippen molar-refractivity contribution >= 4 is 11.6 Å². The first-order valence-corrected chi connectivity index (χ1v) is 8.62. The lowest BCUT2D eigenvalue weighted by Gasteiger charge is -2.29. The van der Waals surface area contributed by atoms with E-state index in [0.29, 0.717) is 18.9 Å². The molecule has 0 unspecified atom stereocenters. The molecule has 0 bridgehead atoms. The molecule has 3 rings (SSSR count). The quantitative estimate of drug-likeness (QED) is 0.897. The predicted octanol–water partition coefficient (Wildman–Crippen LogP) is 2.40. The Kier molecular flexibility index (Phi) is 5.33. The number of nitrogens with zero attached hydrogens (tertiary/aromatic N) is 3. The monoisotopic (exact) mass is 344 g/mol. The van der Waals surface area contributed by atoms with Crippen molar-refractivity contribution in [1.82, 2.24) is 15.5 Å². The zero-order valence-electron chi connectivity index (χ0n) is 14.9. The Bertz CT molecular complexity index is 718. The average molecular weight is 344 g/mol. The van der Waals surface area contributed by atoms with Gasteiger partial charge >= 0.3 is 0 Å². The van der Waals surface area contributed by atoms with Gasteiger partial charge in [0, 0.05) is 30.5 Å². The molecule has 0 aromatic carbocycles. The fraction of sp³-hybridized carbons (Fsp3) is 0.500. The summed E-state index contributed by atoms with van der Waals surface area (Å²) in [5, 5.41) is 7.03. The van der Waals surface area contributed by atoms with Crippen LogP contribution in [0, 0.1) is 13.8 Å². The second-order valence-corrected chi connectivity index (χ2v) is 6.17. The maximum atomic E-state index is 12.7. The van der Waals surface area contributed by atoms with Crippen molar-refractivity contribution in [2.24, 2.45) is 0 Å². The number of rotatable bonds is 5. The minimum absolute atomic E-state index is 0.146. The van der Waals surface area contributed by atoms with Crippen LogP contribution in [-0.2, 0) is 4.74 Å². The number of carbonyl (C=O) groups excluding carboxylic acids is 1.